The molecule has 1 saturated carbocycles. The highest BCUT2D eigenvalue weighted by molar-refractivity contribution is 14.0. The quantitative estimate of drug-likeness (QED) is 0.319. The van der Waals surface area contributed by atoms with E-state index in [0.717, 1.165) is 55.0 Å². The minimum Gasteiger partial charge on any atom is -0.357 e. The molecule has 1 amide bonds. The van der Waals surface area contributed by atoms with Crippen molar-refractivity contribution in [1.29, 1.82) is 0 Å². The molecule has 3 rings (SSSR count). The van der Waals surface area contributed by atoms with Crippen molar-refractivity contribution in [3.63, 3.8) is 0 Å². The standard InChI is InChI=1S/C24H33N5O.HI/c1-4-25-23(28-18-24(13-6-7-14-24)22(30)29(2)3)27-17-19-10-9-11-20(16-19)21-12-5-8-15-26-21;/h5,8-12,15-16H,4,6-7,13-14,17-18H2,1-3H3,(H2,25,27,28);1H. The van der Waals surface area contributed by atoms with Crippen LogP contribution in [-0.2, 0) is 11.3 Å². The van der Waals surface area contributed by atoms with E-state index in [0.29, 0.717) is 13.1 Å². The topological polar surface area (TPSA) is 69.6 Å². The monoisotopic (exact) mass is 535 g/mol. The van der Waals surface area contributed by atoms with Crippen molar-refractivity contribution in [2.24, 2.45) is 10.4 Å². The summed E-state index contributed by atoms with van der Waals surface area (Å²) in [5.74, 6) is 0.963. The lowest BCUT2D eigenvalue weighted by Crippen LogP contribution is -2.49. The van der Waals surface area contributed by atoms with Crippen LogP contribution in [-0.4, -0.2) is 48.9 Å². The first-order valence-corrected chi connectivity index (χ1v) is 10.8. The molecule has 0 atom stereocenters. The second-order valence-corrected chi connectivity index (χ2v) is 8.15. The molecule has 0 saturated heterocycles. The van der Waals surface area contributed by atoms with Crippen molar-refractivity contribution in [1.82, 2.24) is 20.5 Å². The van der Waals surface area contributed by atoms with Gasteiger partial charge in [0.05, 0.1) is 17.7 Å². The summed E-state index contributed by atoms with van der Waals surface area (Å²) < 4.78 is 0. The molecule has 0 bridgehead atoms. The third kappa shape index (κ3) is 6.66. The van der Waals surface area contributed by atoms with Crippen LogP contribution in [0.2, 0.25) is 0 Å². The van der Waals surface area contributed by atoms with Crippen molar-refractivity contribution in [2.75, 3.05) is 27.2 Å². The summed E-state index contributed by atoms with van der Waals surface area (Å²) in [6, 6.07) is 14.2. The zero-order chi connectivity index (χ0) is 21.4. The number of carbonyl (C=O) groups excluding carboxylic acids is 1. The molecule has 0 aliphatic heterocycles. The second kappa shape index (κ2) is 12.0. The normalized spacial score (nSPS) is 15.1. The van der Waals surface area contributed by atoms with Gasteiger partial charge in [0.2, 0.25) is 5.91 Å². The minimum absolute atomic E-state index is 0. The highest BCUT2D eigenvalue weighted by Gasteiger charge is 2.42. The lowest BCUT2D eigenvalue weighted by atomic mass is 9.84. The molecule has 6 nitrogen and oxygen atoms in total. The molecule has 31 heavy (non-hydrogen) atoms. The third-order valence-corrected chi connectivity index (χ3v) is 5.67. The van der Waals surface area contributed by atoms with E-state index in [1.165, 1.54) is 0 Å². The summed E-state index contributed by atoms with van der Waals surface area (Å²) in [6.07, 6.45) is 5.89. The Labute approximate surface area is 203 Å². The van der Waals surface area contributed by atoms with E-state index >= 15 is 0 Å². The number of amides is 1. The van der Waals surface area contributed by atoms with Crippen LogP contribution in [0.5, 0.6) is 0 Å². The Bertz CT molecular complexity index is 863. The number of rotatable bonds is 7. The van der Waals surface area contributed by atoms with Crippen LogP contribution < -0.4 is 10.6 Å². The van der Waals surface area contributed by atoms with E-state index < -0.39 is 0 Å². The number of aromatic nitrogens is 1. The van der Waals surface area contributed by atoms with Gasteiger partial charge in [-0.1, -0.05) is 37.1 Å². The first-order chi connectivity index (χ1) is 14.5. The molecule has 1 aromatic carbocycles. The Morgan fingerprint density at radius 3 is 2.55 bits per heavy atom. The van der Waals surface area contributed by atoms with Crippen LogP contribution in [0.15, 0.2) is 53.7 Å². The molecule has 1 heterocycles. The Balaban J connectivity index is 0.00000341. The molecule has 1 fully saturated rings. The fraction of sp³-hybridized carbons (Fsp3) is 0.458. The Morgan fingerprint density at radius 2 is 1.90 bits per heavy atom. The van der Waals surface area contributed by atoms with Crippen LogP contribution >= 0.6 is 24.0 Å². The molecule has 168 valence electrons. The van der Waals surface area contributed by atoms with Crippen LogP contribution in [0.25, 0.3) is 11.3 Å². The fourth-order valence-electron chi connectivity index (χ4n) is 4.12. The van der Waals surface area contributed by atoms with E-state index in [1.54, 1.807) is 11.1 Å². The van der Waals surface area contributed by atoms with Crippen molar-refractivity contribution in [3.05, 3.63) is 54.2 Å². The van der Waals surface area contributed by atoms with Gasteiger partial charge in [-0.2, -0.15) is 0 Å². The Morgan fingerprint density at radius 1 is 1.13 bits per heavy atom. The molecule has 1 aromatic heterocycles. The molecular formula is C24H34IN5O. The van der Waals surface area contributed by atoms with Gasteiger partial charge >= 0.3 is 0 Å². The number of pyridine rings is 1. The van der Waals surface area contributed by atoms with E-state index in [9.17, 15) is 4.79 Å². The zero-order valence-electron chi connectivity index (χ0n) is 18.7. The van der Waals surface area contributed by atoms with Crippen molar-refractivity contribution in [3.8, 4) is 11.3 Å². The lowest BCUT2D eigenvalue weighted by molar-refractivity contribution is -0.138. The molecule has 0 radical (unpaired) electrons. The average Bonchev–Trinajstić information content (AvgIpc) is 3.26. The molecule has 2 N–H and O–H groups in total. The summed E-state index contributed by atoms with van der Waals surface area (Å²) in [5.41, 5.74) is 2.84. The SMILES string of the molecule is CCNC(=NCc1cccc(-c2ccccn2)c1)NCC1(C(=O)N(C)C)CCCC1.I. The number of hydrogen-bond donors (Lipinski definition) is 2. The highest BCUT2D eigenvalue weighted by Crippen LogP contribution is 2.38. The molecule has 0 spiro atoms. The van der Waals surface area contributed by atoms with Gasteiger partial charge in [0.25, 0.3) is 0 Å². The summed E-state index contributed by atoms with van der Waals surface area (Å²) in [4.78, 5) is 23.7. The van der Waals surface area contributed by atoms with Gasteiger partial charge in [-0.05, 0) is 43.5 Å². The van der Waals surface area contributed by atoms with Gasteiger partial charge in [0.1, 0.15) is 0 Å². The number of benzene rings is 1. The number of aliphatic imine (C=N–C) groups is 1. The third-order valence-electron chi connectivity index (χ3n) is 5.67. The second-order valence-electron chi connectivity index (χ2n) is 8.15. The van der Waals surface area contributed by atoms with Crippen LogP contribution in [0.3, 0.4) is 0 Å². The predicted octanol–water partition coefficient (Wildman–Crippen LogP) is 4.07. The van der Waals surface area contributed by atoms with E-state index in [2.05, 4.69) is 40.7 Å². The number of nitrogens with zero attached hydrogens (tertiary/aromatic N) is 3. The fourth-order valence-corrected chi connectivity index (χ4v) is 4.12. The van der Waals surface area contributed by atoms with Crippen molar-refractivity contribution in [2.45, 2.75) is 39.2 Å². The first kappa shape index (κ1) is 25.1. The summed E-state index contributed by atoms with van der Waals surface area (Å²) in [7, 11) is 3.69. The van der Waals surface area contributed by atoms with Crippen LogP contribution in [0, 0.1) is 5.41 Å². The van der Waals surface area contributed by atoms with Gasteiger partial charge in [-0.3, -0.25) is 9.78 Å². The van der Waals surface area contributed by atoms with Crippen LogP contribution in [0.1, 0.15) is 38.2 Å². The van der Waals surface area contributed by atoms with Crippen molar-refractivity contribution >= 4 is 35.8 Å². The largest absolute Gasteiger partial charge is 0.357 e. The van der Waals surface area contributed by atoms with Gasteiger partial charge in [0, 0.05) is 38.9 Å². The van der Waals surface area contributed by atoms with Crippen molar-refractivity contribution < 1.29 is 4.79 Å². The van der Waals surface area contributed by atoms with Gasteiger partial charge in [-0.15, -0.1) is 24.0 Å². The van der Waals surface area contributed by atoms with E-state index in [-0.39, 0.29) is 35.3 Å². The summed E-state index contributed by atoms with van der Waals surface area (Å²) >= 11 is 0. The predicted molar refractivity (Wildman–Crippen MR) is 138 cm³/mol. The highest BCUT2D eigenvalue weighted by atomic mass is 127. The molecule has 2 aromatic rings. The lowest BCUT2D eigenvalue weighted by Gasteiger charge is -2.31. The minimum atomic E-state index is -0.321. The maximum Gasteiger partial charge on any atom is 0.230 e. The maximum atomic E-state index is 12.8. The van der Waals surface area contributed by atoms with Gasteiger partial charge in [0.15, 0.2) is 5.96 Å². The number of hydrogen-bond acceptors (Lipinski definition) is 3. The molecule has 1 aliphatic carbocycles. The molecule has 1 aliphatic rings. The Kier molecular flexibility index (Phi) is 9.74. The average molecular weight is 535 g/mol. The maximum absolute atomic E-state index is 12.8. The summed E-state index contributed by atoms with van der Waals surface area (Å²) in [5, 5.41) is 6.74. The number of nitrogens with one attached hydrogen (secondary N) is 2. The zero-order valence-corrected chi connectivity index (χ0v) is 21.1. The number of guanidine groups is 1. The number of halogens is 1. The van der Waals surface area contributed by atoms with Crippen LogP contribution in [0.4, 0.5) is 0 Å². The van der Waals surface area contributed by atoms with E-state index in [4.69, 9.17) is 4.99 Å². The van der Waals surface area contributed by atoms with Gasteiger partial charge in [-0.25, -0.2) is 4.99 Å². The summed E-state index contributed by atoms with van der Waals surface area (Å²) in [6.45, 7) is 4.00. The first-order valence-electron chi connectivity index (χ1n) is 10.8. The molecular weight excluding hydrogens is 501 g/mol. The molecule has 0 unspecified atom stereocenters. The Hall–Kier alpha value is -2.16. The molecule has 7 heteroatoms. The van der Waals surface area contributed by atoms with E-state index in [1.807, 2.05) is 38.4 Å². The number of carbonyl (C=O) groups is 1. The van der Waals surface area contributed by atoms with Gasteiger partial charge < -0.3 is 15.5 Å². The smallest absolute Gasteiger partial charge is 0.230 e.